The molecule has 1 amide bonds. The zero-order valence-corrected chi connectivity index (χ0v) is 21.4. The highest BCUT2D eigenvalue weighted by Gasteiger charge is 2.30. The smallest absolute Gasteiger partial charge is 0.266 e. The van der Waals surface area contributed by atoms with Gasteiger partial charge in [-0.3, -0.25) is 9.69 Å². The molecule has 0 aliphatic carbocycles. The molecule has 1 saturated heterocycles. The summed E-state index contributed by atoms with van der Waals surface area (Å²) in [5, 5.41) is 0.672. The number of hydrogen-bond acceptors (Lipinski definition) is 5. The third-order valence-corrected chi connectivity index (χ3v) is 6.69. The maximum absolute atomic E-state index is 12.9. The number of amidine groups is 1. The molecule has 1 aliphatic heterocycles. The number of ether oxygens (including phenoxy) is 2. The molecule has 3 aromatic rings. The Morgan fingerprint density at radius 1 is 0.971 bits per heavy atom. The first-order valence-corrected chi connectivity index (χ1v) is 12.6. The van der Waals surface area contributed by atoms with Crippen molar-refractivity contribution in [2.45, 2.75) is 33.8 Å². The molecule has 1 heterocycles. The van der Waals surface area contributed by atoms with Crippen LogP contribution in [0.3, 0.4) is 0 Å². The van der Waals surface area contributed by atoms with E-state index in [-0.39, 0.29) is 5.91 Å². The van der Waals surface area contributed by atoms with Gasteiger partial charge in [0.2, 0.25) is 0 Å². The Labute approximate surface area is 211 Å². The van der Waals surface area contributed by atoms with Crippen LogP contribution in [0, 0.1) is 6.92 Å². The van der Waals surface area contributed by atoms with Crippen LogP contribution in [-0.2, 0) is 17.8 Å². The topological polar surface area (TPSA) is 51.1 Å². The Kier molecular flexibility index (Phi) is 7.93. The number of para-hydroxylation sites is 1. The van der Waals surface area contributed by atoms with E-state index in [1.165, 1.54) is 17.3 Å². The van der Waals surface area contributed by atoms with Gasteiger partial charge >= 0.3 is 0 Å². The number of carbonyl (C=O) groups is 1. The fourth-order valence-electron chi connectivity index (χ4n) is 3.79. The van der Waals surface area contributed by atoms with Crippen molar-refractivity contribution in [3.8, 4) is 11.5 Å². The molecular weight excluding hydrogens is 456 g/mol. The van der Waals surface area contributed by atoms with Crippen LogP contribution in [0.15, 0.2) is 76.6 Å². The van der Waals surface area contributed by atoms with Gasteiger partial charge in [0.25, 0.3) is 5.91 Å². The average molecular weight is 487 g/mol. The second-order valence-electron chi connectivity index (χ2n) is 8.27. The number of amides is 1. The predicted molar refractivity (Wildman–Crippen MR) is 144 cm³/mol. The first kappa shape index (κ1) is 24.6. The molecule has 0 saturated carbocycles. The highest BCUT2D eigenvalue weighted by molar-refractivity contribution is 8.18. The van der Waals surface area contributed by atoms with Gasteiger partial charge in [0.15, 0.2) is 16.7 Å². The van der Waals surface area contributed by atoms with Crippen LogP contribution < -0.4 is 9.47 Å². The van der Waals surface area contributed by atoms with Gasteiger partial charge in [0.05, 0.1) is 17.2 Å². The van der Waals surface area contributed by atoms with Crippen LogP contribution in [0.25, 0.3) is 6.08 Å². The van der Waals surface area contributed by atoms with Gasteiger partial charge in [-0.15, -0.1) is 0 Å². The number of carbonyl (C=O) groups excluding carboxylic acids is 1. The minimum absolute atomic E-state index is 0.0690. The summed E-state index contributed by atoms with van der Waals surface area (Å²) < 4.78 is 11.9. The van der Waals surface area contributed by atoms with E-state index in [4.69, 9.17) is 14.5 Å². The minimum atomic E-state index is -0.0690. The van der Waals surface area contributed by atoms with Gasteiger partial charge in [-0.1, -0.05) is 61.0 Å². The number of nitrogens with zero attached hydrogens (tertiary/aromatic N) is 2. The number of likely N-dealkylation sites (N-methyl/N-ethyl adjacent to an activating group) is 1. The van der Waals surface area contributed by atoms with E-state index in [9.17, 15) is 4.79 Å². The maximum atomic E-state index is 12.9. The lowest BCUT2D eigenvalue weighted by Crippen LogP contribution is -2.23. The van der Waals surface area contributed by atoms with Crippen LogP contribution in [0.4, 0.5) is 5.69 Å². The molecule has 4 rings (SSSR count). The van der Waals surface area contributed by atoms with Crippen molar-refractivity contribution < 1.29 is 14.3 Å². The summed E-state index contributed by atoms with van der Waals surface area (Å²) in [6.45, 7) is 7.09. The van der Waals surface area contributed by atoms with E-state index in [1.807, 2.05) is 61.5 Å². The third kappa shape index (κ3) is 5.95. The Balaban J connectivity index is 1.55. The van der Waals surface area contributed by atoms with Crippen molar-refractivity contribution in [1.82, 2.24) is 4.90 Å². The molecule has 1 fully saturated rings. The van der Waals surface area contributed by atoms with E-state index in [0.717, 1.165) is 28.8 Å². The quantitative estimate of drug-likeness (QED) is 0.330. The van der Waals surface area contributed by atoms with Crippen LogP contribution in [0.2, 0.25) is 0 Å². The predicted octanol–water partition coefficient (Wildman–Crippen LogP) is 6.77. The molecule has 6 heteroatoms. The summed E-state index contributed by atoms with van der Waals surface area (Å²) in [5.74, 6) is 1.26. The van der Waals surface area contributed by atoms with Gasteiger partial charge in [0.1, 0.15) is 6.61 Å². The number of aliphatic imine (C=N–C) groups is 1. The van der Waals surface area contributed by atoms with E-state index < -0.39 is 0 Å². The molecule has 1 aliphatic rings. The summed E-state index contributed by atoms with van der Waals surface area (Å²) in [7, 11) is 1.76. The highest BCUT2D eigenvalue weighted by Crippen LogP contribution is 2.36. The summed E-state index contributed by atoms with van der Waals surface area (Å²) in [6, 6.07) is 22.0. The Morgan fingerprint density at radius 2 is 1.80 bits per heavy atom. The van der Waals surface area contributed by atoms with E-state index in [0.29, 0.717) is 34.8 Å². The largest absolute Gasteiger partial charge is 0.490 e. The van der Waals surface area contributed by atoms with Crippen LogP contribution in [0.5, 0.6) is 11.5 Å². The third-order valence-electron chi connectivity index (χ3n) is 5.63. The fourth-order valence-corrected chi connectivity index (χ4v) is 4.77. The van der Waals surface area contributed by atoms with Crippen LogP contribution in [-0.4, -0.2) is 29.6 Å². The van der Waals surface area contributed by atoms with E-state index >= 15 is 0 Å². The van der Waals surface area contributed by atoms with Crippen LogP contribution >= 0.6 is 11.8 Å². The lowest BCUT2D eigenvalue weighted by molar-refractivity contribution is -0.121. The first-order chi connectivity index (χ1) is 17.0. The van der Waals surface area contributed by atoms with Gasteiger partial charge in [-0.05, 0) is 73.0 Å². The van der Waals surface area contributed by atoms with Gasteiger partial charge < -0.3 is 9.47 Å². The zero-order valence-electron chi connectivity index (χ0n) is 20.6. The van der Waals surface area contributed by atoms with Crippen molar-refractivity contribution >= 4 is 34.6 Å². The second-order valence-corrected chi connectivity index (χ2v) is 9.28. The Hall–Kier alpha value is -3.51. The van der Waals surface area contributed by atoms with Crippen molar-refractivity contribution in [2.75, 3.05) is 13.7 Å². The number of thioether (sulfide) groups is 1. The molecule has 5 nitrogen and oxygen atoms in total. The maximum Gasteiger partial charge on any atom is 0.266 e. The molecule has 0 spiro atoms. The molecular formula is C29H30N2O3S. The molecule has 35 heavy (non-hydrogen) atoms. The lowest BCUT2D eigenvalue weighted by Gasteiger charge is -2.13. The Bertz CT molecular complexity index is 1280. The first-order valence-electron chi connectivity index (χ1n) is 11.8. The number of benzene rings is 3. The minimum Gasteiger partial charge on any atom is -0.490 e. The zero-order chi connectivity index (χ0) is 24.8. The van der Waals surface area contributed by atoms with E-state index in [1.54, 1.807) is 11.9 Å². The number of hydrogen-bond donors (Lipinski definition) is 0. The van der Waals surface area contributed by atoms with Crippen molar-refractivity contribution in [3.63, 3.8) is 0 Å². The monoisotopic (exact) mass is 486 g/mol. The summed E-state index contributed by atoms with van der Waals surface area (Å²) in [4.78, 5) is 19.9. The molecule has 0 N–H and O–H groups in total. The Morgan fingerprint density at radius 3 is 2.57 bits per heavy atom. The molecule has 0 bridgehead atoms. The standard InChI is InChI=1S/C29H30N2O3S/c1-5-23-12-7-8-13-24(23)30-29-31(4)28(32)27(35-29)18-21-14-15-25(26(17-21)33-6-2)34-19-22-11-9-10-20(3)16-22/h7-18H,5-6,19H2,1-4H3/b27-18+,30-29?. The van der Waals surface area contributed by atoms with Crippen molar-refractivity contribution in [2.24, 2.45) is 4.99 Å². The van der Waals surface area contributed by atoms with Gasteiger partial charge in [-0.25, -0.2) is 4.99 Å². The van der Waals surface area contributed by atoms with Crippen molar-refractivity contribution in [3.05, 3.63) is 93.9 Å². The lowest BCUT2D eigenvalue weighted by atomic mass is 10.1. The molecule has 0 aromatic heterocycles. The summed E-state index contributed by atoms with van der Waals surface area (Å²) >= 11 is 1.38. The normalized spacial score (nSPS) is 15.8. The summed E-state index contributed by atoms with van der Waals surface area (Å²) in [6.07, 6.45) is 2.76. The molecule has 0 unspecified atom stereocenters. The molecule has 0 radical (unpaired) electrons. The number of aryl methyl sites for hydroxylation is 2. The number of rotatable bonds is 8. The van der Waals surface area contributed by atoms with Crippen molar-refractivity contribution in [1.29, 1.82) is 0 Å². The fraction of sp³-hybridized carbons (Fsp3) is 0.241. The highest BCUT2D eigenvalue weighted by atomic mass is 32.2. The SMILES string of the molecule is CCOc1cc(/C=C2/SC(=Nc3ccccc3CC)N(C)C2=O)ccc1OCc1cccc(C)c1. The molecule has 3 aromatic carbocycles. The second kappa shape index (κ2) is 11.3. The molecule has 180 valence electrons. The summed E-state index contributed by atoms with van der Waals surface area (Å²) in [5.41, 5.74) is 5.22. The van der Waals surface area contributed by atoms with Gasteiger partial charge in [0, 0.05) is 7.05 Å². The van der Waals surface area contributed by atoms with Gasteiger partial charge in [-0.2, -0.15) is 0 Å². The van der Waals surface area contributed by atoms with Crippen LogP contribution in [0.1, 0.15) is 36.1 Å². The average Bonchev–Trinajstić information content (AvgIpc) is 3.12. The van der Waals surface area contributed by atoms with E-state index in [2.05, 4.69) is 32.0 Å². The molecule has 0 atom stereocenters.